The van der Waals surface area contributed by atoms with Crippen molar-refractivity contribution in [3.8, 4) is 5.69 Å². The van der Waals surface area contributed by atoms with Crippen LogP contribution in [-0.2, 0) is 4.79 Å². The minimum absolute atomic E-state index is 0.0257. The third-order valence-electron chi connectivity index (χ3n) is 3.63. The van der Waals surface area contributed by atoms with Gasteiger partial charge in [-0.1, -0.05) is 30.0 Å². The predicted molar refractivity (Wildman–Crippen MR) is 94.3 cm³/mol. The Morgan fingerprint density at radius 1 is 1.19 bits per heavy atom. The summed E-state index contributed by atoms with van der Waals surface area (Å²) in [5.74, 6) is -2.01. The van der Waals surface area contributed by atoms with Crippen LogP contribution in [0.2, 0.25) is 0 Å². The number of hydrogen-bond acceptors (Lipinski definition) is 5. The Bertz CT molecular complexity index is 940. The topological polar surface area (TPSA) is 72.7 Å². The molecule has 1 amide bonds. The van der Waals surface area contributed by atoms with E-state index in [1.165, 1.54) is 6.07 Å². The molecule has 0 fully saturated rings. The van der Waals surface area contributed by atoms with Crippen molar-refractivity contribution in [3.63, 3.8) is 0 Å². The number of tetrazole rings is 1. The van der Waals surface area contributed by atoms with Crippen LogP contribution in [-0.4, -0.2) is 31.9 Å². The van der Waals surface area contributed by atoms with Crippen LogP contribution in [0.3, 0.4) is 0 Å². The molecule has 3 aromatic rings. The lowest BCUT2D eigenvalue weighted by molar-refractivity contribution is -0.113. The summed E-state index contributed by atoms with van der Waals surface area (Å²) in [6.45, 7) is 3.89. The molecule has 1 heterocycles. The van der Waals surface area contributed by atoms with E-state index >= 15 is 0 Å². The second-order valence-corrected chi connectivity index (χ2v) is 6.52. The average Bonchev–Trinajstić information content (AvgIpc) is 3.04. The van der Waals surface area contributed by atoms with Crippen LogP contribution in [0.4, 0.5) is 14.5 Å². The van der Waals surface area contributed by atoms with Gasteiger partial charge in [0.25, 0.3) is 0 Å². The molecule has 3 rings (SSSR count). The van der Waals surface area contributed by atoms with E-state index < -0.39 is 17.5 Å². The summed E-state index contributed by atoms with van der Waals surface area (Å²) in [6.07, 6.45) is 0. The highest BCUT2D eigenvalue weighted by Crippen LogP contribution is 2.23. The summed E-state index contributed by atoms with van der Waals surface area (Å²) in [7, 11) is 0. The molecule has 1 aromatic heterocycles. The number of para-hydroxylation sites is 1. The van der Waals surface area contributed by atoms with Gasteiger partial charge in [-0.15, -0.1) is 5.10 Å². The first-order chi connectivity index (χ1) is 12.5. The molecule has 0 atom stereocenters. The van der Waals surface area contributed by atoms with Crippen molar-refractivity contribution >= 4 is 23.4 Å². The summed E-state index contributed by atoms with van der Waals surface area (Å²) in [5.41, 5.74) is 2.77. The summed E-state index contributed by atoms with van der Waals surface area (Å²) in [6, 6.07) is 8.80. The van der Waals surface area contributed by atoms with Crippen molar-refractivity contribution in [3.05, 3.63) is 59.2 Å². The first-order valence-corrected chi connectivity index (χ1v) is 8.67. The molecule has 9 heteroatoms. The van der Waals surface area contributed by atoms with Gasteiger partial charge in [0.1, 0.15) is 11.6 Å². The van der Waals surface area contributed by atoms with Gasteiger partial charge in [0.15, 0.2) is 0 Å². The fourth-order valence-electron chi connectivity index (χ4n) is 2.46. The van der Waals surface area contributed by atoms with E-state index in [2.05, 4.69) is 20.8 Å². The number of halogens is 2. The lowest BCUT2D eigenvalue weighted by atomic mass is 10.1. The number of thioether (sulfide) groups is 1. The van der Waals surface area contributed by atoms with Crippen molar-refractivity contribution in [1.82, 2.24) is 20.2 Å². The number of nitrogens with one attached hydrogen (secondary N) is 1. The minimum Gasteiger partial charge on any atom is -0.323 e. The van der Waals surface area contributed by atoms with Gasteiger partial charge in [-0.3, -0.25) is 4.79 Å². The van der Waals surface area contributed by atoms with Gasteiger partial charge in [0.05, 0.1) is 17.1 Å². The molecule has 1 N–H and O–H groups in total. The number of rotatable bonds is 5. The van der Waals surface area contributed by atoms with Gasteiger partial charge in [0.2, 0.25) is 11.1 Å². The molecule has 2 aromatic carbocycles. The number of amides is 1. The number of anilines is 1. The summed E-state index contributed by atoms with van der Waals surface area (Å²) in [4.78, 5) is 12.1. The van der Waals surface area contributed by atoms with Crippen LogP contribution in [0.5, 0.6) is 0 Å². The van der Waals surface area contributed by atoms with E-state index in [0.717, 1.165) is 34.6 Å². The number of benzene rings is 2. The van der Waals surface area contributed by atoms with Crippen molar-refractivity contribution < 1.29 is 13.6 Å². The molecule has 0 bridgehead atoms. The first-order valence-electron chi connectivity index (χ1n) is 7.68. The molecule has 6 nitrogen and oxygen atoms in total. The summed E-state index contributed by atoms with van der Waals surface area (Å²) in [5, 5.41) is 14.5. The van der Waals surface area contributed by atoms with E-state index in [1.54, 1.807) is 4.68 Å². The SMILES string of the molecule is Cc1cccc(C)c1-n1nnnc1SCC(=O)Nc1ccc(F)cc1F. The Hall–Kier alpha value is -2.81. The molecule has 0 aliphatic heterocycles. The van der Waals surface area contributed by atoms with E-state index in [0.29, 0.717) is 11.2 Å². The molecule has 0 saturated heterocycles. The van der Waals surface area contributed by atoms with E-state index in [1.807, 2.05) is 32.0 Å². The Morgan fingerprint density at radius 3 is 2.62 bits per heavy atom. The number of carbonyl (C=O) groups is 1. The molecule has 134 valence electrons. The lowest BCUT2D eigenvalue weighted by Crippen LogP contribution is -2.16. The summed E-state index contributed by atoms with van der Waals surface area (Å²) < 4.78 is 28.1. The van der Waals surface area contributed by atoms with Crippen LogP contribution >= 0.6 is 11.8 Å². The van der Waals surface area contributed by atoms with Gasteiger partial charge in [-0.2, -0.15) is 4.68 Å². The van der Waals surface area contributed by atoms with Crippen molar-refractivity contribution in [2.24, 2.45) is 0 Å². The van der Waals surface area contributed by atoms with E-state index in [-0.39, 0.29) is 11.4 Å². The van der Waals surface area contributed by atoms with Crippen molar-refractivity contribution in [2.75, 3.05) is 11.1 Å². The molecular formula is C17H15F2N5OS. The number of nitrogens with zero attached hydrogens (tertiary/aromatic N) is 4. The zero-order valence-electron chi connectivity index (χ0n) is 14.0. The molecule has 0 saturated carbocycles. The zero-order valence-corrected chi connectivity index (χ0v) is 14.8. The zero-order chi connectivity index (χ0) is 18.7. The smallest absolute Gasteiger partial charge is 0.234 e. The Kier molecular flexibility index (Phi) is 5.27. The van der Waals surface area contributed by atoms with Gasteiger partial charge in [-0.25, -0.2) is 8.78 Å². The molecule has 0 aliphatic rings. The van der Waals surface area contributed by atoms with Crippen molar-refractivity contribution in [1.29, 1.82) is 0 Å². The summed E-state index contributed by atoms with van der Waals surface area (Å²) >= 11 is 1.12. The highest BCUT2D eigenvalue weighted by molar-refractivity contribution is 7.99. The van der Waals surface area contributed by atoms with Crippen LogP contribution in [0.1, 0.15) is 11.1 Å². The molecule has 26 heavy (non-hydrogen) atoms. The molecular weight excluding hydrogens is 360 g/mol. The van der Waals surface area contributed by atoms with E-state index in [4.69, 9.17) is 0 Å². The van der Waals surface area contributed by atoms with Crippen LogP contribution in [0, 0.1) is 25.5 Å². The highest BCUT2D eigenvalue weighted by atomic mass is 32.2. The molecule has 0 radical (unpaired) electrons. The minimum atomic E-state index is -0.830. The van der Waals surface area contributed by atoms with Crippen LogP contribution in [0.25, 0.3) is 5.69 Å². The van der Waals surface area contributed by atoms with Crippen molar-refractivity contribution in [2.45, 2.75) is 19.0 Å². The average molecular weight is 375 g/mol. The Labute approximate surface area is 152 Å². The third-order valence-corrected chi connectivity index (χ3v) is 4.55. The van der Waals surface area contributed by atoms with Crippen LogP contribution in [0.15, 0.2) is 41.6 Å². The van der Waals surface area contributed by atoms with Gasteiger partial charge in [0, 0.05) is 6.07 Å². The number of aromatic nitrogens is 4. The number of hydrogen-bond donors (Lipinski definition) is 1. The lowest BCUT2D eigenvalue weighted by Gasteiger charge is -2.10. The Balaban J connectivity index is 1.71. The van der Waals surface area contributed by atoms with Gasteiger partial charge in [-0.05, 0) is 47.5 Å². The predicted octanol–water partition coefficient (Wildman–Crippen LogP) is 3.29. The highest BCUT2D eigenvalue weighted by Gasteiger charge is 2.15. The maximum absolute atomic E-state index is 13.6. The van der Waals surface area contributed by atoms with Crippen LogP contribution < -0.4 is 5.32 Å². The monoisotopic (exact) mass is 375 g/mol. The standard InChI is InChI=1S/C17H15F2N5OS/c1-10-4-3-5-11(2)16(10)24-17(21-22-23-24)26-9-15(25)20-14-7-6-12(18)8-13(14)19/h3-8H,9H2,1-2H3,(H,20,25). The molecule has 0 unspecified atom stereocenters. The molecule has 0 spiro atoms. The fraction of sp³-hybridized carbons (Fsp3) is 0.176. The fourth-order valence-corrected chi connectivity index (χ4v) is 3.13. The number of carbonyl (C=O) groups excluding carboxylic acids is 1. The maximum Gasteiger partial charge on any atom is 0.234 e. The third kappa shape index (κ3) is 3.88. The van der Waals surface area contributed by atoms with Gasteiger partial charge >= 0.3 is 0 Å². The second-order valence-electron chi connectivity index (χ2n) is 5.57. The van der Waals surface area contributed by atoms with E-state index in [9.17, 15) is 13.6 Å². The maximum atomic E-state index is 13.6. The largest absolute Gasteiger partial charge is 0.323 e. The van der Waals surface area contributed by atoms with Gasteiger partial charge < -0.3 is 5.32 Å². The quantitative estimate of drug-likeness (QED) is 0.693. The number of aryl methyl sites for hydroxylation is 2. The Morgan fingerprint density at radius 2 is 1.92 bits per heavy atom. The molecule has 0 aliphatic carbocycles. The second kappa shape index (κ2) is 7.61. The first kappa shape index (κ1) is 18.0. The normalized spacial score (nSPS) is 10.8.